The molecule has 1 aromatic heterocycles. The van der Waals surface area contributed by atoms with Crippen LogP contribution in [-0.4, -0.2) is 16.2 Å². The Bertz CT molecular complexity index is 967. The number of carboxylic acids is 1. The van der Waals surface area contributed by atoms with Gasteiger partial charge >= 0.3 is 5.97 Å². The van der Waals surface area contributed by atoms with E-state index in [9.17, 15) is 14.3 Å². The van der Waals surface area contributed by atoms with Gasteiger partial charge in [-0.2, -0.15) is 0 Å². The number of ether oxygens (including phenoxy) is 2. The van der Waals surface area contributed by atoms with Crippen molar-refractivity contribution in [1.29, 1.82) is 0 Å². The van der Waals surface area contributed by atoms with Crippen LogP contribution in [0.4, 0.5) is 4.39 Å². The van der Waals surface area contributed by atoms with Gasteiger partial charge in [-0.25, -0.2) is 9.18 Å². The predicted octanol–water partition coefficient (Wildman–Crippen LogP) is 4.29. The molecule has 2 aromatic carbocycles. The fourth-order valence-electron chi connectivity index (χ4n) is 2.53. The summed E-state index contributed by atoms with van der Waals surface area (Å²) in [4.78, 5) is 11.5. The van der Waals surface area contributed by atoms with Gasteiger partial charge in [0.25, 0.3) is 0 Å². The van der Waals surface area contributed by atoms with Crippen molar-refractivity contribution < 1.29 is 28.3 Å². The summed E-state index contributed by atoms with van der Waals surface area (Å²) in [5.74, 6) is -0.224. The fraction of sp³-hybridized carbons (Fsp3) is 0.200. The van der Waals surface area contributed by atoms with Crippen LogP contribution in [0.5, 0.6) is 11.5 Å². The van der Waals surface area contributed by atoms with Crippen LogP contribution in [0.15, 0.2) is 47.0 Å². The summed E-state index contributed by atoms with van der Waals surface area (Å²) in [7, 11) is 0. The van der Waals surface area contributed by atoms with Gasteiger partial charge in [0.2, 0.25) is 0 Å². The zero-order valence-electron chi connectivity index (χ0n) is 14.9. The molecule has 0 aliphatic carbocycles. The molecule has 27 heavy (non-hydrogen) atoms. The topological polar surface area (TPSA) is 81.8 Å². The normalized spacial score (nSPS) is 10.6. The Labute approximate surface area is 155 Å². The summed E-state index contributed by atoms with van der Waals surface area (Å²) in [6.45, 7) is 3.48. The average Bonchev–Trinajstić information content (AvgIpc) is 3.06. The first-order valence-corrected chi connectivity index (χ1v) is 8.23. The average molecular weight is 371 g/mol. The van der Waals surface area contributed by atoms with Crippen LogP contribution >= 0.6 is 0 Å². The van der Waals surface area contributed by atoms with E-state index in [0.29, 0.717) is 34.1 Å². The molecule has 140 valence electrons. The monoisotopic (exact) mass is 371 g/mol. The molecule has 0 fully saturated rings. The molecule has 1 N–H and O–H groups in total. The minimum Gasteiger partial charge on any atom is -0.488 e. The lowest BCUT2D eigenvalue weighted by molar-refractivity contribution is 0.0694. The van der Waals surface area contributed by atoms with Crippen LogP contribution < -0.4 is 9.47 Å². The molecule has 0 saturated carbocycles. The number of carbonyl (C=O) groups is 1. The maximum atomic E-state index is 13.8. The summed E-state index contributed by atoms with van der Waals surface area (Å²) >= 11 is 0. The zero-order valence-corrected chi connectivity index (χ0v) is 14.9. The quantitative estimate of drug-likeness (QED) is 0.667. The summed E-state index contributed by atoms with van der Waals surface area (Å²) in [6.07, 6.45) is 0. The molecule has 0 unspecified atom stereocenters. The molecule has 0 aliphatic rings. The van der Waals surface area contributed by atoms with Crippen molar-refractivity contribution in [3.05, 3.63) is 76.4 Å². The third-order valence-electron chi connectivity index (χ3n) is 3.97. The van der Waals surface area contributed by atoms with E-state index in [0.717, 1.165) is 0 Å². The van der Waals surface area contributed by atoms with Crippen LogP contribution in [-0.2, 0) is 13.2 Å². The number of nitrogens with zero attached hydrogens (tertiary/aromatic N) is 1. The van der Waals surface area contributed by atoms with Crippen molar-refractivity contribution in [2.75, 3.05) is 0 Å². The van der Waals surface area contributed by atoms with Gasteiger partial charge in [-0.1, -0.05) is 23.4 Å². The van der Waals surface area contributed by atoms with Gasteiger partial charge in [0, 0.05) is 23.3 Å². The Balaban J connectivity index is 1.82. The Kier molecular flexibility index (Phi) is 5.40. The van der Waals surface area contributed by atoms with Gasteiger partial charge in [0.15, 0.2) is 0 Å². The first-order chi connectivity index (χ1) is 12.9. The number of benzene rings is 2. The molecule has 0 aliphatic heterocycles. The SMILES string of the molecule is Cc1cc(COc2cc(OCc3ccccc3F)c(C)c(C(=O)O)c2)no1. The molecule has 0 amide bonds. The minimum absolute atomic E-state index is 0.0293. The molecule has 3 aromatic rings. The van der Waals surface area contributed by atoms with Gasteiger partial charge in [0.1, 0.15) is 42.0 Å². The zero-order chi connectivity index (χ0) is 19.4. The number of hydrogen-bond acceptors (Lipinski definition) is 5. The molecule has 3 rings (SSSR count). The van der Waals surface area contributed by atoms with E-state index < -0.39 is 5.97 Å². The van der Waals surface area contributed by atoms with Crippen molar-refractivity contribution in [3.63, 3.8) is 0 Å². The van der Waals surface area contributed by atoms with Gasteiger partial charge in [-0.05, 0) is 26.0 Å². The van der Waals surface area contributed by atoms with Crippen LogP contribution in [0.3, 0.4) is 0 Å². The van der Waals surface area contributed by atoms with Gasteiger partial charge < -0.3 is 19.1 Å². The van der Waals surface area contributed by atoms with Gasteiger partial charge in [-0.15, -0.1) is 0 Å². The van der Waals surface area contributed by atoms with Crippen molar-refractivity contribution in [2.24, 2.45) is 0 Å². The van der Waals surface area contributed by atoms with Crippen LogP contribution in [0.1, 0.15) is 32.9 Å². The highest BCUT2D eigenvalue weighted by atomic mass is 19.1. The number of aryl methyl sites for hydroxylation is 1. The lowest BCUT2D eigenvalue weighted by Gasteiger charge is -2.14. The first-order valence-electron chi connectivity index (χ1n) is 8.23. The second kappa shape index (κ2) is 7.90. The lowest BCUT2D eigenvalue weighted by atomic mass is 10.1. The molecular weight excluding hydrogens is 353 g/mol. The molecular formula is C20H18FNO5. The van der Waals surface area contributed by atoms with Gasteiger partial charge in [-0.3, -0.25) is 0 Å². The predicted molar refractivity (Wildman–Crippen MR) is 94.4 cm³/mol. The molecule has 0 bridgehead atoms. The maximum absolute atomic E-state index is 13.8. The number of halogens is 1. The Morgan fingerprint density at radius 3 is 2.59 bits per heavy atom. The maximum Gasteiger partial charge on any atom is 0.336 e. The van der Waals surface area contributed by atoms with E-state index in [2.05, 4.69) is 5.16 Å². The highest BCUT2D eigenvalue weighted by Crippen LogP contribution is 2.30. The Morgan fingerprint density at radius 1 is 1.15 bits per heavy atom. The lowest BCUT2D eigenvalue weighted by Crippen LogP contribution is -2.06. The molecule has 0 saturated heterocycles. The second-order valence-electron chi connectivity index (χ2n) is 6.00. The van der Waals surface area contributed by atoms with E-state index in [1.165, 1.54) is 12.1 Å². The third-order valence-corrected chi connectivity index (χ3v) is 3.97. The van der Waals surface area contributed by atoms with Gasteiger partial charge in [0.05, 0.1) is 5.56 Å². The van der Waals surface area contributed by atoms with E-state index >= 15 is 0 Å². The van der Waals surface area contributed by atoms with E-state index in [4.69, 9.17) is 14.0 Å². The smallest absolute Gasteiger partial charge is 0.336 e. The Morgan fingerprint density at radius 2 is 1.93 bits per heavy atom. The first kappa shape index (κ1) is 18.4. The molecule has 0 radical (unpaired) electrons. The van der Waals surface area contributed by atoms with Crippen molar-refractivity contribution in [2.45, 2.75) is 27.1 Å². The minimum atomic E-state index is -1.11. The number of rotatable bonds is 7. The van der Waals surface area contributed by atoms with Crippen molar-refractivity contribution >= 4 is 5.97 Å². The van der Waals surface area contributed by atoms with Crippen LogP contribution in [0.2, 0.25) is 0 Å². The largest absolute Gasteiger partial charge is 0.488 e. The van der Waals surface area contributed by atoms with E-state index in [1.807, 2.05) is 0 Å². The number of aromatic carboxylic acids is 1. The standard InChI is InChI=1S/C20H18FNO5/c1-12-7-15(22-27-12)11-25-16-8-17(20(23)24)13(2)19(9-16)26-10-14-5-3-4-6-18(14)21/h3-9H,10-11H2,1-2H3,(H,23,24). The third kappa shape index (κ3) is 4.44. The highest BCUT2D eigenvalue weighted by Gasteiger charge is 2.16. The number of aromatic nitrogens is 1. The van der Waals surface area contributed by atoms with E-state index in [-0.39, 0.29) is 24.6 Å². The molecule has 6 nitrogen and oxygen atoms in total. The van der Waals surface area contributed by atoms with Crippen LogP contribution in [0.25, 0.3) is 0 Å². The molecule has 1 heterocycles. The van der Waals surface area contributed by atoms with E-state index in [1.54, 1.807) is 44.2 Å². The molecule has 7 heteroatoms. The Hall–Kier alpha value is -3.35. The number of hydrogen-bond donors (Lipinski definition) is 1. The summed E-state index contributed by atoms with van der Waals surface area (Å²) in [5.41, 5.74) is 1.44. The molecule has 0 spiro atoms. The molecule has 0 atom stereocenters. The number of carboxylic acid groups (broad SMARTS) is 1. The summed E-state index contributed by atoms with van der Waals surface area (Å²) in [5, 5.41) is 13.3. The summed E-state index contributed by atoms with van der Waals surface area (Å²) < 4.78 is 30.0. The van der Waals surface area contributed by atoms with Crippen LogP contribution in [0, 0.1) is 19.7 Å². The fourth-order valence-corrected chi connectivity index (χ4v) is 2.53. The summed E-state index contributed by atoms with van der Waals surface area (Å²) in [6, 6.07) is 11.0. The highest BCUT2D eigenvalue weighted by molar-refractivity contribution is 5.90. The van der Waals surface area contributed by atoms with Crippen molar-refractivity contribution in [1.82, 2.24) is 5.16 Å². The second-order valence-corrected chi connectivity index (χ2v) is 6.00. The van der Waals surface area contributed by atoms with Crippen molar-refractivity contribution in [3.8, 4) is 11.5 Å².